The van der Waals surface area contributed by atoms with E-state index in [1.54, 1.807) is 36.4 Å². The Labute approximate surface area is 140 Å². The molecule has 0 unspecified atom stereocenters. The van der Waals surface area contributed by atoms with Gasteiger partial charge >= 0.3 is 12.1 Å². The van der Waals surface area contributed by atoms with Crippen LogP contribution < -0.4 is 4.90 Å². The molecule has 0 saturated heterocycles. The molecular weight excluding hydrogens is 335 g/mol. The molecule has 0 aliphatic heterocycles. The summed E-state index contributed by atoms with van der Waals surface area (Å²) in [5.41, 5.74) is 1.91. The van der Waals surface area contributed by atoms with Gasteiger partial charge < -0.3 is 9.32 Å². The molecule has 25 heavy (non-hydrogen) atoms. The molecule has 0 aliphatic carbocycles. The Morgan fingerprint density at radius 2 is 1.68 bits per heavy atom. The van der Waals surface area contributed by atoms with Crippen LogP contribution in [0.2, 0.25) is 0 Å². The van der Waals surface area contributed by atoms with E-state index in [9.17, 15) is 18.0 Å². The highest BCUT2D eigenvalue weighted by Gasteiger charge is 2.38. The molecule has 128 valence electrons. The van der Waals surface area contributed by atoms with E-state index >= 15 is 0 Å². The van der Waals surface area contributed by atoms with Gasteiger partial charge in [-0.25, -0.2) is 0 Å². The third kappa shape index (κ3) is 3.85. The van der Waals surface area contributed by atoms with E-state index < -0.39 is 12.1 Å². The first-order valence-electron chi connectivity index (χ1n) is 7.24. The quantitative estimate of drug-likeness (QED) is 0.657. The van der Waals surface area contributed by atoms with E-state index in [1.165, 1.54) is 4.90 Å². The fourth-order valence-electron chi connectivity index (χ4n) is 2.21. The lowest BCUT2D eigenvalue weighted by molar-refractivity contribution is -0.156. The first-order chi connectivity index (χ1) is 12.0. The van der Waals surface area contributed by atoms with Crippen LogP contribution in [0.4, 0.5) is 18.9 Å². The van der Waals surface area contributed by atoms with Crippen LogP contribution in [0, 0.1) is 0 Å². The highest BCUT2D eigenvalue weighted by atomic mass is 19.4. The molecule has 0 radical (unpaired) electrons. The van der Waals surface area contributed by atoms with Crippen molar-refractivity contribution < 1.29 is 22.4 Å². The number of nitrogens with zero attached hydrogens (tertiary/aromatic N) is 3. The molecule has 5 nitrogen and oxygen atoms in total. The molecular formula is C17H12F3N3O2. The summed E-state index contributed by atoms with van der Waals surface area (Å²) in [6.45, 7) is 0.325. The molecule has 0 atom stereocenters. The van der Waals surface area contributed by atoms with Crippen molar-refractivity contribution in [2.45, 2.75) is 12.7 Å². The summed E-state index contributed by atoms with van der Waals surface area (Å²) in [4.78, 5) is 12.8. The maximum absolute atomic E-state index is 12.5. The number of rotatable bonds is 5. The van der Waals surface area contributed by atoms with Gasteiger partial charge in [0, 0.05) is 11.3 Å². The number of aromatic nitrogens is 2. The number of amides is 1. The maximum Gasteiger partial charge on any atom is 0.470 e. The van der Waals surface area contributed by atoms with Crippen LogP contribution in [0.15, 0.2) is 59.0 Å². The van der Waals surface area contributed by atoms with E-state index in [4.69, 9.17) is 0 Å². The van der Waals surface area contributed by atoms with Crippen LogP contribution in [0.25, 0.3) is 11.5 Å². The SMILES string of the molecule is O=CN(Cc1ccc(-c2nnc(C(F)(F)F)o2)cc1)c1ccccc1. The predicted molar refractivity (Wildman–Crippen MR) is 83.4 cm³/mol. The third-order valence-electron chi connectivity index (χ3n) is 3.44. The summed E-state index contributed by atoms with van der Waals surface area (Å²) in [5.74, 6) is -1.60. The van der Waals surface area contributed by atoms with Gasteiger partial charge in [0.05, 0.1) is 6.54 Å². The Bertz CT molecular complexity index is 846. The second kappa shape index (κ2) is 6.76. The number of alkyl halides is 3. The average Bonchev–Trinajstić information content (AvgIpc) is 3.11. The summed E-state index contributed by atoms with van der Waals surface area (Å²) >= 11 is 0. The number of hydrogen-bond donors (Lipinski definition) is 0. The molecule has 0 fully saturated rings. The van der Waals surface area contributed by atoms with Gasteiger partial charge in [-0.2, -0.15) is 13.2 Å². The predicted octanol–water partition coefficient (Wildman–Crippen LogP) is 3.92. The smallest absolute Gasteiger partial charge is 0.413 e. The largest absolute Gasteiger partial charge is 0.470 e. The van der Waals surface area contributed by atoms with Gasteiger partial charge in [-0.05, 0) is 29.8 Å². The van der Waals surface area contributed by atoms with Gasteiger partial charge in [-0.15, -0.1) is 10.2 Å². The van der Waals surface area contributed by atoms with Crippen molar-refractivity contribution in [1.82, 2.24) is 10.2 Å². The van der Waals surface area contributed by atoms with Crippen molar-refractivity contribution in [3.8, 4) is 11.5 Å². The van der Waals surface area contributed by atoms with E-state index in [1.807, 2.05) is 18.2 Å². The Morgan fingerprint density at radius 1 is 1.00 bits per heavy atom. The second-order valence-corrected chi connectivity index (χ2v) is 5.18. The molecule has 1 amide bonds. The molecule has 0 N–H and O–H groups in total. The molecule has 0 spiro atoms. The zero-order chi connectivity index (χ0) is 17.9. The third-order valence-corrected chi connectivity index (χ3v) is 3.44. The van der Waals surface area contributed by atoms with Gasteiger partial charge in [-0.3, -0.25) is 4.79 Å². The topological polar surface area (TPSA) is 59.2 Å². The van der Waals surface area contributed by atoms with E-state index in [2.05, 4.69) is 14.6 Å². The average molecular weight is 347 g/mol. The molecule has 1 aromatic heterocycles. The zero-order valence-electron chi connectivity index (χ0n) is 12.8. The summed E-state index contributed by atoms with van der Waals surface area (Å²) in [7, 11) is 0. The lowest BCUT2D eigenvalue weighted by atomic mass is 10.1. The molecule has 3 rings (SSSR count). The molecule has 3 aromatic rings. The summed E-state index contributed by atoms with van der Waals surface area (Å²) in [5, 5.41) is 6.40. The number of carbonyl (C=O) groups excluding carboxylic acids is 1. The maximum atomic E-state index is 12.5. The minimum Gasteiger partial charge on any atom is -0.413 e. The number of para-hydroxylation sites is 1. The molecule has 1 heterocycles. The summed E-state index contributed by atoms with van der Waals surface area (Å²) in [6, 6.07) is 15.6. The minimum atomic E-state index is -4.68. The highest BCUT2D eigenvalue weighted by molar-refractivity contribution is 5.74. The van der Waals surface area contributed by atoms with Crippen molar-refractivity contribution >= 4 is 12.1 Å². The Morgan fingerprint density at radius 3 is 2.24 bits per heavy atom. The minimum absolute atomic E-state index is 0.214. The van der Waals surface area contributed by atoms with Gasteiger partial charge in [0.2, 0.25) is 12.3 Å². The van der Waals surface area contributed by atoms with Crippen LogP contribution >= 0.6 is 0 Å². The van der Waals surface area contributed by atoms with Crippen LogP contribution in [-0.2, 0) is 17.5 Å². The Balaban J connectivity index is 1.76. The molecule has 0 saturated carbocycles. The fourth-order valence-corrected chi connectivity index (χ4v) is 2.21. The van der Waals surface area contributed by atoms with Gasteiger partial charge in [0.25, 0.3) is 0 Å². The number of anilines is 1. The first kappa shape index (κ1) is 16.7. The van der Waals surface area contributed by atoms with Crippen molar-refractivity contribution in [2.24, 2.45) is 0 Å². The van der Waals surface area contributed by atoms with Crippen molar-refractivity contribution in [3.63, 3.8) is 0 Å². The lowest BCUT2D eigenvalue weighted by Gasteiger charge is -2.17. The number of benzene rings is 2. The number of hydrogen-bond acceptors (Lipinski definition) is 4. The molecule has 0 bridgehead atoms. The van der Waals surface area contributed by atoms with E-state index in [0.29, 0.717) is 12.1 Å². The van der Waals surface area contributed by atoms with E-state index in [-0.39, 0.29) is 5.89 Å². The van der Waals surface area contributed by atoms with Gasteiger partial charge in [0.1, 0.15) is 0 Å². The van der Waals surface area contributed by atoms with Crippen molar-refractivity contribution in [3.05, 3.63) is 66.1 Å². The van der Waals surface area contributed by atoms with Crippen LogP contribution in [0.5, 0.6) is 0 Å². The van der Waals surface area contributed by atoms with E-state index in [0.717, 1.165) is 17.7 Å². The summed E-state index contributed by atoms with van der Waals surface area (Å²) in [6.07, 6.45) is -3.96. The first-order valence-corrected chi connectivity index (χ1v) is 7.24. The monoisotopic (exact) mass is 347 g/mol. The van der Waals surface area contributed by atoms with Gasteiger partial charge in [-0.1, -0.05) is 30.3 Å². The number of carbonyl (C=O) groups is 1. The van der Waals surface area contributed by atoms with Crippen LogP contribution in [0.1, 0.15) is 11.5 Å². The Kier molecular flexibility index (Phi) is 4.51. The summed E-state index contributed by atoms with van der Waals surface area (Å²) < 4.78 is 42.1. The van der Waals surface area contributed by atoms with Crippen molar-refractivity contribution in [1.29, 1.82) is 0 Å². The fraction of sp³-hybridized carbons (Fsp3) is 0.118. The zero-order valence-corrected chi connectivity index (χ0v) is 12.8. The van der Waals surface area contributed by atoms with Gasteiger partial charge in [0.15, 0.2) is 0 Å². The van der Waals surface area contributed by atoms with Crippen molar-refractivity contribution in [2.75, 3.05) is 4.90 Å². The van der Waals surface area contributed by atoms with Crippen LogP contribution in [-0.4, -0.2) is 16.6 Å². The standard InChI is InChI=1S/C17H12F3N3O2/c18-17(19,20)16-22-21-15(25-16)13-8-6-12(7-9-13)10-23(11-24)14-4-2-1-3-5-14/h1-9,11H,10H2. The number of halogens is 3. The van der Waals surface area contributed by atoms with Crippen LogP contribution in [0.3, 0.4) is 0 Å². The molecule has 8 heteroatoms. The lowest BCUT2D eigenvalue weighted by Crippen LogP contribution is -2.20. The molecule has 0 aliphatic rings. The second-order valence-electron chi connectivity index (χ2n) is 5.18. The molecule has 2 aromatic carbocycles. The highest BCUT2D eigenvalue weighted by Crippen LogP contribution is 2.30. The normalized spacial score (nSPS) is 11.3. The Hall–Kier alpha value is -3.16.